The van der Waals surface area contributed by atoms with Crippen LogP contribution in [-0.2, 0) is 11.2 Å². The Labute approximate surface area is 103 Å². The van der Waals surface area contributed by atoms with Crippen LogP contribution in [0.2, 0.25) is 0 Å². The van der Waals surface area contributed by atoms with E-state index >= 15 is 0 Å². The van der Waals surface area contributed by atoms with Gasteiger partial charge in [-0.1, -0.05) is 45.0 Å². The summed E-state index contributed by atoms with van der Waals surface area (Å²) in [5.74, 6) is 0.166. The molecule has 17 heavy (non-hydrogen) atoms. The number of hydrogen-bond donors (Lipinski definition) is 1. The fourth-order valence-corrected chi connectivity index (χ4v) is 2.43. The normalized spacial score (nSPS) is 18.9. The molecule has 0 heterocycles. The third kappa shape index (κ3) is 3.09. The van der Waals surface area contributed by atoms with Gasteiger partial charge in [0.1, 0.15) is 0 Å². The van der Waals surface area contributed by atoms with Crippen molar-refractivity contribution in [3.63, 3.8) is 0 Å². The van der Waals surface area contributed by atoms with E-state index in [4.69, 9.17) is 0 Å². The minimum Gasteiger partial charge on any atom is -0.349 e. The number of amides is 1. The molecule has 1 aromatic carbocycles. The van der Waals surface area contributed by atoms with Gasteiger partial charge in [-0.25, -0.2) is 0 Å². The molecule has 0 saturated carbocycles. The summed E-state index contributed by atoms with van der Waals surface area (Å²) in [5, 5.41) is 3.15. The van der Waals surface area contributed by atoms with E-state index in [1.54, 1.807) is 0 Å². The van der Waals surface area contributed by atoms with Gasteiger partial charge in [0, 0.05) is 6.42 Å². The Hall–Kier alpha value is -1.31. The summed E-state index contributed by atoms with van der Waals surface area (Å²) in [4.78, 5) is 11.9. The van der Waals surface area contributed by atoms with E-state index in [-0.39, 0.29) is 17.4 Å². The topological polar surface area (TPSA) is 29.1 Å². The van der Waals surface area contributed by atoms with E-state index in [2.05, 4.69) is 44.3 Å². The fourth-order valence-electron chi connectivity index (χ4n) is 2.43. The van der Waals surface area contributed by atoms with E-state index in [1.807, 2.05) is 6.07 Å². The maximum Gasteiger partial charge on any atom is 0.221 e. The minimum atomic E-state index is 0.0577. The summed E-state index contributed by atoms with van der Waals surface area (Å²) in [5.41, 5.74) is 2.74. The van der Waals surface area contributed by atoms with Gasteiger partial charge in [-0.15, -0.1) is 0 Å². The Kier molecular flexibility index (Phi) is 3.23. The maximum absolute atomic E-state index is 11.9. The summed E-state index contributed by atoms with van der Waals surface area (Å²) in [6.45, 7) is 6.28. The lowest BCUT2D eigenvalue weighted by Crippen LogP contribution is -2.30. The Balaban J connectivity index is 2.00. The number of fused-ring (bicyclic) bond motifs is 1. The zero-order valence-corrected chi connectivity index (χ0v) is 10.9. The van der Waals surface area contributed by atoms with Crippen molar-refractivity contribution in [3.05, 3.63) is 35.4 Å². The van der Waals surface area contributed by atoms with Crippen LogP contribution in [0.4, 0.5) is 0 Å². The van der Waals surface area contributed by atoms with Crippen LogP contribution in [0.1, 0.15) is 50.8 Å². The van der Waals surface area contributed by atoms with Crippen LogP contribution in [-0.4, -0.2) is 5.91 Å². The molecule has 0 fully saturated rings. The molecule has 1 aromatic rings. The fraction of sp³-hybridized carbons (Fsp3) is 0.533. The molecule has 0 aromatic heterocycles. The average molecular weight is 231 g/mol. The molecular formula is C15H21NO. The van der Waals surface area contributed by atoms with Crippen LogP contribution in [0.5, 0.6) is 0 Å². The molecule has 92 valence electrons. The molecular weight excluding hydrogens is 210 g/mol. The van der Waals surface area contributed by atoms with E-state index in [0.717, 1.165) is 12.8 Å². The molecule has 1 aliphatic rings. The van der Waals surface area contributed by atoms with Crippen LogP contribution >= 0.6 is 0 Å². The molecule has 0 bridgehead atoms. The van der Waals surface area contributed by atoms with Gasteiger partial charge in [0.15, 0.2) is 0 Å². The SMILES string of the molecule is CC(C)(C)CC(=O)NC1CCc2ccccc21. The largest absolute Gasteiger partial charge is 0.349 e. The summed E-state index contributed by atoms with van der Waals surface area (Å²) < 4.78 is 0. The second-order valence-corrected chi connectivity index (χ2v) is 6.10. The van der Waals surface area contributed by atoms with Crippen molar-refractivity contribution in [1.29, 1.82) is 0 Å². The third-order valence-electron chi connectivity index (χ3n) is 3.16. The number of aryl methyl sites for hydroxylation is 1. The van der Waals surface area contributed by atoms with E-state index in [0.29, 0.717) is 6.42 Å². The number of benzene rings is 1. The monoisotopic (exact) mass is 231 g/mol. The first-order valence-corrected chi connectivity index (χ1v) is 6.33. The lowest BCUT2D eigenvalue weighted by atomic mass is 9.91. The van der Waals surface area contributed by atoms with Gasteiger partial charge in [-0.05, 0) is 29.4 Å². The lowest BCUT2D eigenvalue weighted by molar-refractivity contribution is -0.123. The van der Waals surface area contributed by atoms with Gasteiger partial charge in [-0.2, -0.15) is 0 Å². The Morgan fingerprint density at radius 3 is 2.76 bits per heavy atom. The second kappa shape index (κ2) is 4.52. The number of carbonyl (C=O) groups is 1. The van der Waals surface area contributed by atoms with Gasteiger partial charge >= 0.3 is 0 Å². The zero-order chi connectivity index (χ0) is 12.5. The molecule has 1 amide bonds. The zero-order valence-electron chi connectivity index (χ0n) is 10.9. The van der Waals surface area contributed by atoms with Crippen molar-refractivity contribution in [2.75, 3.05) is 0 Å². The summed E-state index contributed by atoms with van der Waals surface area (Å²) in [6.07, 6.45) is 2.71. The van der Waals surface area contributed by atoms with Crippen LogP contribution in [0.25, 0.3) is 0 Å². The number of rotatable bonds is 2. The number of carbonyl (C=O) groups excluding carboxylic acids is 1. The minimum absolute atomic E-state index is 0.0577. The molecule has 2 heteroatoms. The third-order valence-corrected chi connectivity index (χ3v) is 3.16. The molecule has 1 aliphatic carbocycles. The molecule has 0 aliphatic heterocycles. The second-order valence-electron chi connectivity index (χ2n) is 6.10. The van der Waals surface area contributed by atoms with Crippen molar-refractivity contribution >= 4 is 5.91 Å². The number of nitrogens with one attached hydrogen (secondary N) is 1. The van der Waals surface area contributed by atoms with E-state index in [9.17, 15) is 4.79 Å². The molecule has 2 nitrogen and oxygen atoms in total. The van der Waals surface area contributed by atoms with Crippen molar-refractivity contribution in [2.45, 2.75) is 46.1 Å². The van der Waals surface area contributed by atoms with Crippen molar-refractivity contribution < 1.29 is 4.79 Å². The molecule has 0 saturated heterocycles. The highest BCUT2D eigenvalue weighted by Gasteiger charge is 2.24. The van der Waals surface area contributed by atoms with Crippen LogP contribution in [0, 0.1) is 5.41 Å². The Morgan fingerprint density at radius 1 is 1.35 bits per heavy atom. The first-order valence-electron chi connectivity index (χ1n) is 6.33. The predicted molar refractivity (Wildman–Crippen MR) is 69.7 cm³/mol. The number of hydrogen-bond acceptors (Lipinski definition) is 1. The Bertz CT molecular complexity index is 417. The van der Waals surface area contributed by atoms with Gasteiger partial charge in [0.25, 0.3) is 0 Å². The summed E-state index contributed by atoms with van der Waals surface area (Å²) in [7, 11) is 0. The molecule has 1 unspecified atom stereocenters. The highest BCUT2D eigenvalue weighted by Crippen LogP contribution is 2.31. The first-order chi connectivity index (χ1) is 7.96. The lowest BCUT2D eigenvalue weighted by Gasteiger charge is -2.20. The molecule has 1 atom stereocenters. The Morgan fingerprint density at radius 2 is 2.06 bits per heavy atom. The van der Waals surface area contributed by atoms with Crippen molar-refractivity contribution in [3.8, 4) is 0 Å². The van der Waals surface area contributed by atoms with Gasteiger partial charge in [-0.3, -0.25) is 4.79 Å². The van der Waals surface area contributed by atoms with Crippen molar-refractivity contribution in [1.82, 2.24) is 5.32 Å². The molecule has 0 radical (unpaired) electrons. The highest BCUT2D eigenvalue weighted by atomic mass is 16.1. The quantitative estimate of drug-likeness (QED) is 0.832. The highest BCUT2D eigenvalue weighted by molar-refractivity contribution is 5.77. The summed E-state index contributed by atoms with van der Waals surface area (Å²) in [6, 6.07) is 8.63. The smallest absolute Gasteiger partial charge is 0.221 e. The molecule has 0 spiro atoms. The van der Waals surface area contributed by atoms with Crippen molar-refractivity contribution in [2.24, 2.45) is 5.41 Å². The molecule has 1 N–H and O–H groups in total. The van der Waals surface area contributed by atoms with Crippen LogP contribution < -0.4 is 5.32 Å². The summed E-state index contributed by atoms with van der Waals surface area (Å²) >= 11 is 0. The standard InChI is InChI=1S/C15H21NO/c1-15(2,3)10-14(17)16-13-9-8-11-6-4-5-7-12(11)13/h4-7,13H,8-10H2,1-3H3,(H,16,17). The van der Waals surface area contributed by atoms with Crippen LogP contribution in [0.3, 0.4) is 0 Å². The van der Waals surface area contributed by atoms with Gasteiger partial charge in [0.05, 0.1) is 6.04 Å². The van der Waals surface area contributed by atoms with Crippen LogP contribution in [0.15, 0.2) is 24.3 Å². The van der Waals surface area contributed by atoms with E-state index < -0.39 is 0 Å². The van der Waals surface area contributed by atoms with Gasteiger partial charge < -0.3 is 5.32 Å². The van der Waals surface area contributed by atoms with Gasteiger partial charge in [0.2, 0.25) is 5.91 Å². The molecule has 2 rings (SSSR count). The average Bonchev–Trinajstić information content (AvgIpc) is 2.59. The first kappa shape index (κ1) is 12.2. The predicted octanol–water partition coefficient (Wildman–Crippen LogP) is 3.23. The maximum atomic E-state index is 11.9. The van der Waals surface area contributed by atoms with E-state index in [1.165, 1.54) is 11.1 Å².